The molecule has 0 aromatic heterocycles. The molecule has 1 heteroatoms. The smallest absolute Gasteiger partial charge is 0.105 e. The molecular formula is C15H16O. The van der Waals surface area contributed by atoms with Gasteiger partial charge in [0.15, 0.2) is 0 Å². The summed E-state index contributed by atoms with van der Waals surface area (Å²) in [7, 11) is 0. The zero-order valence-corrected chi connectivity index (χ0v) is 9.41. The second-order valence-corrected chi connectivity index (χ2v) is 6.21. The predicted octanol–water partition coefficient (Wildman–Crippen LogP) is 2.72. The van der Waals surface area contributed by atoms with Crippen LogP contribution in [-0.4, -0.2) is 11.2 Å². The third-order valence-corrected chi connectivity index (χ3v) is 5.81. The van der Waals surface area contributed by atoms with Gasteiger partial charge in [-0.15, -0.1) is 0 Å². The van der Waals surface area contributed by atoms with E-state index in [2.05, 4.69) is 24.3 Å². The topological polar surface area (TPSA) is 12.5 Å². The Morgan fingerprint density at radius 3 is 2.06 bits per heavy atom. The quantitative estimate of drug-likeness (QED) is 0.602. The van der Waals surface area contributed by atoms with Crippen molar-refractivity contribution >= 4 is 0 Å². The highest BCUT2D eigenvalue weighted by Crippen LogP contribution is 2.74. The molecule has 82 valence electrons. The molecule has 4 atom stereocenters. The molecule has 16 heavy (non-hydrogen) atoms. The van der Waals surface area contributed by atoms with E-state index in [1.807, 2.05) is 0 Å². The van der Waals surface area contributed by atoms with Crippen molar-refractivity contribution in [3.63, 3.8) is 0 Å². The lowest BCUT2D eigenvalue weighted by molar-refractivity contribution is 0.168. The van der Waals surface area contributed by atoms with E-state index in [1.165, 1.54) is 32.1 Å². The second-order valence-electron chi connectivity index (χ2n) is 6.21. The Kier molecular flexibility index (Phi) is 1.16. The molecule has 0 N–H and O–H groups in total. The fraction of sp³-hybridized carbons (Fsp3) is 0.600. The molecule has 1 nitrogen and oxygen atoms in total. The number of hydrogen-bond donors (Lipinski definition) is 0. The average Bonchev–Trinajstić information content (AvgIpc) is 2.68. The van der Waals surface area contributed by atoms with Crippen LogP contribution in [0.25, 0.3) is 0 Å². The first kappa shape index (κ1) is 8.30. The lowest BCUT2D eigenvalue weighted by Crippen LogP contribution is -2.39. The summed E-state index contributed by atoms with van der Waals surface area (Å²) < 4.78 is 6.36. The van der Waals surface area contributed by atoms with Gasteiger partial charge in [-0.1, -0.05) is 24.3 Å². The summed E-state index contributed by atoms with van der Waals surface area (Å²) in [5.41, 5.74) is 3.71. The van der Waals surface area contributed by atoms with E-state index in [1.54, 1.807) is 11.1 Å². The van der Waals surface area contributed by atoms with Gasteiger partial charge in [0.05, 0.1) is 0 Å². The third-order valence-electron chi connectivity index (χ3n) is 5.81. The Bertz CT molecular complexity index is 451. The van der Waals surface area contributed by atoms with Crippen LogP contribution in [0.1, 0.15) is 30.4 Å². The van der Waals surface area contributed by atoms with Gasteiger partial charge in [0.25, 0.3) is 0 Å². The molecule has 0 amide bonds. The van der Waals surface area contributed by atoms with Crippen molar-refractivity contribution in [3.8, 4) is 0 Å². The normalized spacial score (nSPS) is 50.8. The molecule has 2 bridgehead atoms. The van der Waals surface area contributed by atoms with E-state index in [-0.39, 0.29) is 0 Å². The second kappa shape index (κ2) is 2.24. The molecule has 4 aliphatic rings. The van der Waals surface area contributed by atoms with E-state index >= 15 is 0 Å². The minimum Gasteiger partial charge on any atom is -0.361 e. The molecular weight excluding hydrogens is 196 g/mol. The molecule has 3 aliphatic carbocycles. The summed E-state index contributed by atoms with van der Waals surface area (Å²) in [4.78, 5) is 0. The van der Waals surface area contributed by atoms with Crippen LogP contribution in [0.15, 0.2) is 24.3 Å². The first-order valence-corrected chi connectivity index (χ1v) is 6.61. The molecule has 5 rings (SSSR count). The summed E-state index contributed by atoms with van der Waals surface area (Å²) >= 11 is 0. The summed E-state index contributed by atoms with van der Waals surface area (Å²) in [6.07, 6.45) is 6.70. The molecule has 1 aromatic rings. The third kappa shape index (κ3) is 0.666. The van der Waals surface area contributed by atoms with Crippen molar-refractivity contribution < 1.29 is 4.74 Å². The van der Waals surface area contributed by atoms with Gasteiger partial charge in [-0.25, -0.2) is 0 Å². The maximum absolute atomic E-state index is 6.36. The minimum atomic E-state index is 0.296. The van der Waals surface area contributed by atoms with Crippen LogP contribution in [0.2, 0.25) is 0 Å². The van der Waals surface area contributed by atoms with Gasteiger partial charge in [-0.05, 0) is 42.2 Å². The van der Waals surface area contributed by atoms with E-state index in [0.717, 1.165) is 11.8 Å². The minimum absolute atomic E-state index is 0.296. The van der Waals surface area contributed by atoms with Crippen LogP contribution in [-0.2, 0) is 17.6 Å². The van der Waals surface area contributed by atoms with Crippen LogP contribution >= 0.6 is 0 Å². The Hall–Kier alpha value is -0.820. The Morgan fingerprint density at radius 2 is 1.50 bits per heavy atom. The molecule has 3 fully saturated rings. The van der Waals surface area contributed by atoms with Crippen molar-refractivity contribution in [1.82, 2.24) is 0 Å². The standard InChI is InChI=1S/C15H16O/c1-2-4-11-9-15-13-6-5-12(7-13)14(15,16-15)8-10(11)3-1/h1-4,12-13H,5-9H2/t12-,13+,14+,15-. The summed E-state index contributed by atoms with van der Waals surface area (Å²) in [6, 6.07) is 8.97. The molecule has 1 heterocycles. The van der Waals surface area contributed by atoms with Gasteiger partial charge in [-0.2, -0.15) is 0 Å². The molecule has 1 aromatic carbocycles. The summed E-state index contributed by atoms with van der Waals surface area (Å²) in [6.45, 7) is 0. The van der Waals surface area contributed by atoms with Gasteiger partial charge < -0.3 is 4.74 Å². The van der Waals surface area contributed by atoms with Crippen LogP contribution in [0.5, 0.6) is 0 Å². The molecule has 2 saturated carbocycles. The highest BCUT2D eigenvalue weighted by molar-refractivity contribution is 5.44. The van der Waals surface area contributed by atoms with Crippen LogP contribution in [0.3, 0.4) is 0 Å². The lowest BCUT2D eigenvalue weighted by atomic mass is 9.69. The maximum atomic E-state index is 6.36. The number of fused-ring (bicyclic) bond motifs is 3. The highest BCUT2D eigenvalue weighted by Gasteiger charge is 2.82. The fourth-order valence-corrected chi connectivity index (χ4v) is 5.11. The Morgan fingerprint density at radius 1 is 0.938 bits per heavy atom. The number of rotatable bonds is 0. The van der Waals surface area contributed by atoms with Gasteiger partial charge in [0.1, 0.15) is 11.2 Å². The monoisotopic (exact) mass is 212 g/mol. The number of epoxide rings is 1. The van der Waals surface area contributed by atoms with Crippen molar-refractivity contribution in [1.29, 1.82) is 0 Å². The maximum Gasteiger partial charge on any atom is 0.105 e. The van der Waals surface area contributed by atoms with Crippen LogP contribution < -0.4 is 0 Å². The predicted molar refractivity (Wildman–Crippen MR) is 61.2 cm³/mol. The first-order valence-electron chi connectivity index (χ1n) is 6.61. The highest BCUT2D eigenvalue weighted by atomic mass is 16.6. The number of benzene rings is 1. The van der Waals surface area contributed by atoms with Crippen molar-refractivity contribution in [2.45, 2.75) is 43.3 Å². The number of hydrogen-bond acceptors (Lipinski definition) is 1. The lowest BCUT2D eigenvalue weighted by Gasteiger charge is -2.30. The zero-order chi connectivity index (χ0) is 10.4. The van der Waals surface area contributed by atoms with Gasteiger partial charge >= 0.3 is 0 Å². The Balaban J connectivity index is 1.70. The molecule has 0 spiro atoms. The van der Waals surface area contributed by atoms with E-state index in [9.17, 15) is 0 Å². The van der Waals surface area contributed by atoms with Gasteiger partial charge in [-0.3, -0.25) is 0 Å². The first-order chi connectivity index (χ1) is 7.84. The van der Waals surface area contributed by atoms with E-state index < -0.39 is 0 Å². The van der Waals surface area contributed by atoms with Crippen molar-refractivity contribution in [2.75, 3.05) is 0 Å². The SMILES string of the molecule is c1ccc2c(c1)C[C@@]13O[C@]1(C2)[C@H]1CC[C@@H]3C1. The molecule has 0 unspecified atom stereocenters. The molecule has 0 radical (unpaired) electrons. The Labute approximate surface area is 95.8 Å². The van der Waals surface area contributed by atoms with Crippen molar-refractivity contribution in [3.05, 3.63) is 35.4 Å². The van der Waals surface area contributed by atoms with Crippen molar-refractivity contribution in [2.24, 2.45) is 11.8 Å². The van der Waals surface area contributed by atoms with Gasteiger partial charge in [0, 0.05) is 12.8 Å². The van der Waals surface area contributed by atoms with Gasteiger partial charge in [0.2, 0.25) is 0 Å². The van der Waals surface area contributed by atoms with E-state index in [4.69, 9.17) is 4.74 Å². The zero-order valence-electron chi connectivity index (χ0n) is 9.41. The average molecular weight is 212 g/mol. The largest absolute Gasteiger partial charge is 0.361 e. The molecule has 1 saturated heterocycles. The number of ether oxygens (including phenoxy) is 1. The summed E-state index contributed by atoms with van der Waals surface area (Å²) in [5.74, 6) is 1.76. The van der Waals surface area contributed by atoms with Crippen LogP contribution in [0, 0.1) is 11.8 Å². The van der Waals surface area contributed by atoms with Crippen LogP contribution in [0.4, 0.5) is 0 Å². The molecule has 1 aliphatic heterocycles. The summed E-state index contributed by atoms with van der Waals surface area (Å²) in [5, 5.41) is 0. The van der Waals surface area contributed by atoms with E-state index in [0.29, 0.717) is 11.2 Å². The fourth-order valence-electron chi connectivity index (χ4n) is 5.11.